The van der Waals surface area contributed by atoms with E-state index < -0.39 is 4.92 Å². The maximum absolute atomic E-state index is 13.0. The molecule has 0 aliphatic heterocycles. The van der Waals surface area contributed by atoms with E-state index >= 15 is 0 Å². The zero-order chi connectivity index (χ0) is 14.5. The van der Waals surface area contributed by atoms with E-state index in [2.05, 4.69) is 5.32 Å². The van der Waals surface area contributed by atoms with E-state index in [1.165, 1.54) is 24.3 Å². The predicted octanol–water partition coefficient (Wildman–Crippen LogP) is 3.70. The first-order valence-corrected chi connectivity index (χ1v) is 6.29. The Hall–Kier alpha value is -2.43. The molecule has 4 nitrogen and oxygen atoms in total. The van der Waals surface area contributed by atoms with Crippen molar-refractivity contribution in [1.29, 1.82) is 0 Å². The Balaban J connectivity index is 1.96. The van der Waals surface area contributed by atoms with Gasteiger partial charge in [0, 0.05) is 24.4 Å². The first-order chi connectivity index (χ1) is 9.56. The fourth-order valence-corrected chi connectivity index (χ4v) is 2.01. The predicted molar refractivity (Wildman–Crippen MR) is 76.4 cm³/mol. The smallest absolute Gasteiger partial charge is 0.271 e. The summed E-state index contributed by atoms with van der Waals surface area (Å²) in [6.45, 7) is 2.50. The molecule has 0 radical (unpaired) electrons. The standard InChI is InChI=1S/C15H15FN2O2/c1-11-9-13(16)6-5-12(11)7-8-17-14-3-2-4-15(10-14)18(19)20/h2-6,9-10,17H,7-8H2,1H3. The van der Waals surface area contributed by atoms with Crippen LogP contribution in [0.2, 0.25) is 0 Å². The molecule has 0 heterocycles. The van der Waals surface area contributed by atoms with Crippen molar-refractivity contribution in [3.8, 4) is 0 Å². The van der Waals surface area contributed by atoms with Crippen LogP contribution in [0.4, 0.5) is 15.8 Å². The van der Waals surface area contributed by atoms with Crippen LogP contribution >= 0.6 is 0 Å². The third kappa shape index (κ3) is 3.54. The summed E-state index contributed by atoms with van der Waals surface area (Å²) in [5.74, 6) is -0.238. The zero-order valence-corrected chi connectivity index (χ0v) is 11.1. The van der Waals surface area contributed by atoms with Crippen LogP contribution in [0.5, 0.6) is 0 Å². The van der Waals surface area contributed by atoms with E-state index in [0.717, 1.165) is 17.5 Å². The minimum absolute atomic E-state index is 0.0629. The number of anilines is 1. The molecule has 0 saturated carbocycles. The SMILES string of the molecule is Cc1cc(F)ccc1CCNc1cccc([N+](=O)[O-])c1. The van der Waals surface area contributed by atoms with Crippen molar-refractivity contribution in [1.82, 2.24) is 0 Å². The van der Waals surface area contributed by atoms with E-state index in [4.69, 9.17) is 0 Å². The molecule has 5 heteroatoms. The van der Waals surface area contributed by atoms with Crippen molar-refractivity contribution >= 4 is 11.4 Å². The van der Waals surface area contributed by atoms with Crippen LogP contribution in [-0.4, -0.2) is 11.5 Å². The van der Waals surface area contributed by atoms with Gasteiger partial charge < -0.3 is 5.32 Å². The Labute approximate surface area is 116 Å². The van der Waals surface area contributed by atoms with Crippen LogP contribution in [-0.2, 0) is 6.42 Å². The second-order valence-electron chi connectivity index (χ2n) is 4.56. The minimum atomic E-state index is -0.421. The lowest BCUT2D eigenvalue weighted by atomic mass is 10.1. The van der Waals surface area contributed by atoms with E-state index in [1.807, 2.05) is 6.92 Å². The molecule has 0 aliphatic carbocycles. The number of non-ortho nitro benzene ring substituents is 1. The molecule has 0 atom stereocenters. The summed E-state index contributed by atoms with van der Waals surface area (Å²) in [5.41, 5.74) is 2.74. The molecule has 0 spiro atoms. The van der Waals surface area contributed by atoms with Gasteiger partial charge in [-0.15, -0.1) is 0 Å². The third-order valence-corrected chi connectivity index (χ3v) is 3.09. The topological polar surface area (TPSA) is 55.2 Å². The van der Waals surface area contributed by atoms with Gasteiger partial charge >= 0.3 is 0 Å². The minimum Gasteiger partial charge on any atom is -0.385 e. The molecular weight excluding hydrogens is 259 g/mol. The van der Waals surface area contributed by atoms with E-state index in [1.54, 1.807) is 18.2 Å². The summed E-state index contributed by atoms with van der Waals surface area (Å²) in [7, 11) is 0. The first kappa shape index (κ1) is 14.0. The molecule has 0 saturated heterocycles. The fourth-order valence-electron chi connectivity index (χ4n) is 2.01. The number of benzene rings is 2. The first-order valence-electron chi connectivity index (χ1n) is 6.29. The Bertz CT molecular complexity index is 629. The number of nitrogens with one attached hydrogen (secondary N) is 1. The lowest BCUT2D eigenvalue weighted by molar-refractivity contribution is -0.384. The quantitative estimate of drug-likeness (QED) is 0.668. The summed E-state index contributed by atoms with van der Waals surface area (Å²) in [4.78, 5) is 10.2. The monoisotopic (exact) mass is 274 g/mol. The lowest BCUT2D eigenvalue weighted by Crippen LogP contribution is -2.06. The highest BCUT2D eigenvalue weighted by atomic mass is 19.1. The summed E-state index contributed by atoms with van der Waals surface area (Å²) in [6.07, 6.45) is 0.731. The lowest BCUT2D eigenvalue weighted by Gasteiger charge is -2.08. The van der Waals surface area contributed by atoms with Gasteiger partial charge in [-0.1, -0.05) is 12.1 Å². The highest BCUT2D eigenvalue weighted by molar-refractivity contribution is 5.51. The van der Waals surface area contributed by atoms with Gasteiger partial charge in [-0.2, -0.15) is 0 Å². The molecule has 0 amide bonds. The van der Waals surface area contributed by atoms with Gasteiger partial charge in [0.2, 0.25) is 0 Å². The fraction of sp³-hybridized carbons (Fsp3) is 0.200. The number of hydrogen-bond donors (Lipinski definition) is 1. The van der Waals surface area contributed by atoms with Gasteiger partial charge in [0.1, 0.15) is 5.82 Å². The molecule has 2 rings (SSSR count). The normalized spacial score (nSPS) is 10.3. The molecular formula is C15H15FN2O2. The molecule has 1 N–H and O–H groups in total. The molecule has 20 heavy (non-hydrogen) atoms. The molecule has 2 aromatic rings. The van der Waals surface area contributed by atoms with Gasteiger partial charge in [-0.05, 0) is 42.7 Å². The van der Waals surface area contributed by atoms with Crippen molar-refractivity contribution in [3.05, 3.63) is 69.5 Å². The van der Waals surface area contributed by atoms with E-state index in [-0.39, 0.29) is 11.5 Å². The van der Waals surface area contributed by atoms with Crippen molar-refractivity contribution in [2.45, 2.75) is 13.3 Å². The van der Waals surface area contributed by atoms with Crippen molar-refractivity contribution in [2.24, 2.45) is 0 Å². The average molecular weight is 274 g/mol. The van der Waals surface area contributed by atoms with Crippen LogP contribution in [0, 0.1) is 22.9 Å². The van der Waals surface area contributed by atoms with Gasteiger partial charge in [0.05, 0.1) is 4.92 Å². The van der Waals surface area contributed by atoms with Gasteiger partial charge in [0.25, 0.3) is 5.69 Å². The number of nitro benzene ring substituents is 1. The highest BCUT2D eigenvalue weighted by Gasteiger charge is 2.05. The number of hydrogen-bond acceptors (Lipinski definition) is 3. The molecule has 0 aromatic heterocycles. The van der Waals surface area contributed by atoms with Crippen LogP contribution in [0.1, 0.15) is 11.1 Å². The Morgan fingerprint density at radius 1 is 1.25 bits per heavy atom. The Morgan fingerprint density at radius 3 is 2.75 bits per heavy atom. The largest absolute Gasteiger partial charge is 0.385 e. The molecule has 0 bridgehead atoms. The maximum Gasteiger partial charge on any atom is 0.271 e. The van der Waals surface area contributed by atoms with Gasteiger partial charge in [-0.25, -0.2) is 4.39 Å². The summed E-state index contributed by atoms with van der Waals surface area (Å²) < 4.78 is 13.0. The molecule has 0 unspecified atom stereocenters. The van der Waals surface area contributed by atoms with Crippen molar-refractivity contribution in [2.75, 3.05) is 11.9 Å². The summed E-state index contributed by atoms with van der Waals surface area (Å²) >= 11 is 0. The number of rotatable bonds is 5. The maximum atomic E-state index is 13.0. The number of aryl methyl sites for hydroxylation is 1. The zero-order valence-electron chi connectivity index (χ0n) is 11.1. The molecule has 0 aliphatic rings. The second kappa shape index (κ2) is 6.14. The van der Waals surface area contributed by atoms with Crippen LogP contribution in [0.3, 0.4) is 0 Å². The van der Waals surface area contributed by atoms with Crippen molar-refractivity contribution < 1.29 is 9.31 Å². The molecule has 0 fully saturated rings. The van der Waals surface area contributed by atoms with Gasteiger partial charge in [-0.3, -0.25) is 10.1 Å². The van der Waals surface area contributed by atoms with Crippen molar-refractivity contribution in [3.63, 3.8) is 0 Å². The summed E-state index contributed by atoms with van der Waals surface area (Å²) in [6, 6.07) is 11.1. The van der Waals surface area contributed by atoms with E-state index in [0.29, 0.717) is 12.2 Å². The van der Waals surface area contributed by atoms with Gasteiger partial charge in [0.15, 0.2) is 0 Å². The second-order valence-corrected chi connectivity index (χ2v) is 4.56. The van der Waals surface area contributed by atoms with Crippen LogP contribution < -0.4 is 5.32 Å². The third-order valence-electron chi connectivity index (χ3n) is 3.09. The number of nitro groups is 1. The van der Waals surface area contributed by atoms with Crippen LogP contribution in [0.25, 0.3) is 0 Å². The Morgan fingerprint density at radius 2 is 2.05 bits per heavy atom. The number of nitrogens with zero attached hydrogens (tertiary/aromatic N) is 1. The highest BCUT2D eigenvalue weighted by Crippen LogP contribution is 2.17. The Kier molecular flexibility index (Phi) is 4.30. The molecule has 2 aromatic carbocycles. The van der Waals surface area contributed by atoms with E-state index in [9.17, 15) is 14.5 Å². The molecule has 104 valence electrons. The number of halogens is 1. The average Bonchev–Trinajstić information content (AvgIpc) is 2.41. The van der Waals surface area contributed by atoms with Crippen LogP contribution in [0.15, 0.2) is 42.5 Å². The summed E-state index contributed by atoms with van der Waals surface area (Å²) in [5, 5.41) is 13.8.